The third-order valence-corrected chi connectivity index (χ3v) is 2.80. The Balaban J connectivity index is 2.47. The smallest absolute Gasteiger partial charge is 0.303 e. The van der Waals surface area contributed by atoms with Gasteiger partial charge in [0.15, 0.2) is 5.79 Å². The predicted molar refractivity (Wildman–Crippen MR) is 51.0 cm³/mol. The summed E-state index contributed by atoms with van der Waals surface area (Å²) >= 11 is 0. The Morgan fingerprint density at radius 3 is 2.50 bits per heavy atom. The van der Waals surface area contributed by atoms with Gasteiger partial charge in [0.1, 0.15) is 0 Å². The summed E-state index contributed by atoms with van der Waals surface area (Å²) in [5, 5.41) is 8.60. The van der Waals surface area contributed by atoms with Crippen molar-refractivity contribution >= 4 is 5.97 Å². The highest BCUT2D eigenvalue weighted by Crippen LogP contribution is 2.33. The van der Waals surface area contributed by atoms with Crippen molar-refractivity contribution < 1.29 is 19.4 Å². The first-order valence-electron chi connectivity index (χ1n) is 5.08. The molecule has 0 aliphatic carbocycles. The summed E-state index contributed by atoms with van der Waals surface area (Å²) in [7, 11) is 0. The van der Waals surface area contributed by atoms with Gasteiger partial charge in [0.2, 0.25) is 0 Å². The van der Waals surface area contributed by atoms with Crippen LogP contribution in [0, 0.1) is 5.92 Å². The van der Waals surface area contributed by atoms with E-state index in [1.807, 2.05) is 13.8 Å². The Kier molecular flexibility index (Phi) is 3.89. The third-order valence-electron chi connectivity index (χ3n) is 2.80. The number of hydrogen-bond acceptors (Lipinski definition) is 3. The highest BCUT2D eigenvalue weighted by atomic mass is 16.7. The number of carbonyl (C=O) groups is 1. The second kappa shape index (κ2) is 4.75. The Hall–Kier alpha value is -0.610. The lowest BCUT2D eigenvalue weighted by Gasteiger charge is -2.31. The number of carboxylic acid groups (broad SMARTS) is 1. The van der Waals surface area contributed by atoms with Gasteiger partial charge < -0.3 is 14.6 Å². The van der Waals surface area contributed by atoms with Crippen molar-refractivity contribution in [3.63, 3.8) is 0 Å². The van der Waals surface area contributed by atoms with Crippen LogP contribution >= 0.6 is 0 Å². The van der Waals surface area contributed by atoms with Crippen LogP contribution in [0.5, 0.6) is 0 Å². The van der Waals surface area contributed by atoms with Gasteiger partial charge >= 0.3 is 5.97 Å². The van der Waals surface area contributed by atoms with Gasteiger partial charge in [-0.3, -0.25) is 4.79 Å². The van der Waals surface area contributed by atoms with E-state index in [2.05, 4.69) is 0 Å². The highest BCUT2D eigenvalue weighted by Gasteiger charge is 2.38. The monoisotopic (exact) mass is 202 g/mol. The molecule has 1 rings (SSSR count). The van der Waals surface area contributed by atoms with Crippen LogP contribution < -0.4 is 0 Å². The number of hydrogen-bond donors (Lipinski definition) is 1. The number of rotatable bonds is 5. The minimum atomic E-state index is -0.759. The van der Waals surface area contributed by atoms with Crippen molar-refractivity contribution in [3.8, 4) is 0 Å². The maximum absolute atomic E-state index is 10.5. The summed E-state index contributed by atoms with van der Waals surface area (Å²) in [6.45, 7) is 5.15. The topological polar surface area (TPSA) is 55.8 Å². The molecular weight excluding hydrogens is 184 g/mol. The molecule has 0 radical (unpaired) electrons. The maximum Gasteiger partial charge on any atom is 0.303 e. The van der Waals surface area contributed by atoms with E-state index in [-0.39, 0.29) is 12.3 Å². The first-order chi connectivity index (χ1) is 6.58. The Morgan fingerprint density at radius 2 is 2.07 bits per heavy atom. The minimum Gasteiger partial charge on any atom is -0.481 e. The lowest BCUT2D eigenvalue weighted by molar-refractivity contribution is -0.184. The molecule has 0 saturated carbocycles. The summed E-state index contributed by atoms with van der Waals surface area (Å²) < 4.78 is 11.0. The van der Waals surface area contributed by atoms with Crippen LogP contribution in [0.15, 0.2) is 0 Å². The summed E-state index contributed by atoms with van der Waals surface area (Å²) in [4.78, 5) is 10.5. The standard InChI is InChI=1S/C10H18O4/c1-3-8(4-5-9(11)12)10(2)13-6-7-14-10/h8H,3-7H2,1-2H3,(H,11,12). The molecule has 0 spiro atoms. The summed E-state index contributed by atoms with van der Waals surface area (Å²) in [6.07, 6.45) is 1.67. The van der Waals surface area contributed by atoms with Gasteiger partial charge in [-0.25, -0.2) is 0 Å². The minimum absolute atomic E-state index is 0.168. The lowest BCUT2D eigenvalue weighted by atomic mass is 9.92. The molecule has 0 aromatic carbocycles. The van der Waals surface area contributed by atoms with Crippen LogP contribution in [-0.4, -0.2) is 30.1 Å². The molecule has 0 aromatic heterocycles. The van der Waals surface area contributed by atoms with E-state index in [9.17, 15) is 4.79 Å². The average molecular weight is 202 g/mol. The fourth-order valence-corrected chi connectivity index (χ4v) is 1.90. The van der Waals surface area contributed by atoms with Gasteiger partial charge in [-0.1, -0.05) is 6.92 Å². The molecule has 1 N–H and O–H groups in total. The van der Waals surface area contributed by atoms with E-state index < -0.39 is 11.8 Å². The predicted octanol–water partition coefficient (Wildman–Crippen LogP) is 1.64. The second-order valence-corrected chi connectivity index (χ2v) is 3.75. The van der Waals surface area contributed by atoms with Crippen LogP contribution in [0.3, 0.4) is 0 Å². The molecule has 4 nitrogen and oxygen atoms in total. The van der Waals surface area contributed by atoms with Gasteiger partial charge in [-0.05, 0) is 19.8 Å². The molecule has 1 atom stereocenters. The molecule has 1 aliphatic rings. The molecule has 1 fully saturated rings. The van der Waals surface area contributed by atoms with Crippen LogP contribution in [0.2, 0.25) is 0 Å². The molecule has 1 saturated heterocycles. The first kappa shape index (κ1) is 11.5. The number of ether oxygens (including phenoxy) is 2. The van der Waals surface area contributed by atoms with Crippen LogP contribution in [0.25, 0.3) is 0 Å². The van der Waals surface area contributed by atoms with Crippen LogP contribution in [-0.2, 0) is 14.3 Å². The van der Waals surface area contributed by atoms with E-state index >= 15 is 0 Å². The van der Waals surface area contributed by atoms with E-state index in [1.165, 1.54) is 0 Å². The molecule has 1 unspecified atom stereocenters. The van der Waals surface area contributed by atoms with Crippen molar-refractivity contribution in [3.05, 3.63) is 0 Å². The summed E-state index contributed by atoms with van der Waals surface area (Å²) in [6, 6.07) is 0. The molecule has 14 heavy (non-hydrogen) atoms. The molecule has 0 aromatic rings. The molecule has 82 valence electrons. The molecule has 0 bridgehead atoms. The quantitative estimate of drug-likeness (QED) is 0.736. The normalized spacial score (nSPS) is 22.1. The van der Waals surface area contributed by atoms with E-state index in [1.54, 1.807) is 0 Å². The van der Waals surface area contributed by atoms with Crippen molar-refractivity contribution in [1.29, 1.82) is 0 Å². The average Bonchev–Trinajstić information content (AvgIpc) is 2.53. The van der Waals surface area contributed by atoms with Crippen molar-refractivity contribution in [2.45, 2.75) is 38.9 Å². The molecule has 4 heteroatoms. The van der Waals surface area contributed by atoms with Gasteiger partial charge in [0.05, 0.1) is 13.2 Å². The van der Waals surface area contributed by atoms with Gasteiger partial charge in [0, 0.05) is 12.3 Å². The number of carboxylic acids is 1. The zero-order valence-electron chi connectivity index (χ0n) is 8.78. The fraction of sp³-hybridized carbons (Fsp3) is 0.900. The molecular formula is C10H18O4. The fourth-order valence-electron chi connectivity index (χ4n) is 1.90. The third kappa shape index (κ3) is 2.69. The molecule has 1 heterocycles. The molecule has 1 aliphatic heterocycles. The van der Waals surface area contributed by atoms with Gasteiger partial charge in [0.25, 0.3) is 0 Å². The van der Waals surface area contributed by atoms with E-state index in [4.69, 9.17) is 14.6 Å². The zero-order valence-corrected chi connectivity index (χ0v) is 8.78. The Labute approximate surface area is 84.2 Å². The molecule has 0 amide bonds. The lowest BCUT2D eigenvalue weighted by Crippen LogP contribution is -2.35. The van der Waals surface area contributed by atoms with Crippen molar-refractivity contribution in [2.75, 3.05) is 13.2 Å². The highest BCUT2D eigenvalue weighted by molar-refractivity contribution is 5.66. The second-order valence-electron chi connectivity index (χ2n) is 3.75. The van der Waals surface area contributed by atoms with Crippen molar-refractivity contribution in [1.82, 2.24) is 0 Å². The van der Waals surface area contributed by atoms with Crippen molar-refractivity contribution in [2.24, 2.45) is 5.92 Å². The van der Waals surface area contributed by atoms with E-state index in [0.717, 1.165) is 6.42 Å². The van der Waals surface area contributed by atoms with Gasteiger partial charge in [-0.15, -0.1) is 0 Å². The summed E-state index contributed by atoms with van der Waals surface area (Å²) in [5.74, 6) is -1.16. The van der Waals surface area contributed by atoms with E-state index in [0.29, 0.717) is 19.6 Å². The Morgan fingerprint density at radius 1 is 1.50 bits per heavy atom. The Bertz CT molecular complexity index is 196. The summed E-state index contributed by atoms with van der Waals surface area (Å²) in [5.41, 5.74) is 0. The zero-order chi connectivity index (χ0) is 10.6. The van der Waals surface area contributed by atoms with Crippen LogP contribution in [0.4, 0.5) is 0 Å². The first-order valence-corrected chi connectivity index (χ1v) is 5.08. The largest absolute Gasteiger partial charge is 0.481 e. The number of aliphatic carboxylic acids is 1. The maximum atomic E-state index is 10.5. The van der Waals surface area contributed by atoms with Crippen LogP contribution in [0.1, 0.15) is 33.1 Å². The SMILES string of the molecule is CCC(CCC(=O)O)C1(C)OCCO1. The van der Waals surface area contributed by atoms with Gasteiger partial charge in [-0.2, -0.15) is 0 Å².